The van der Waals surface area contributed by atoms with Crippen molar-refractivity contribution >= 4 is 11.4 Å². The second kappa shape index (κ2) is 5.33. The van der Waals surface area contributed by atoms with Crippen LogP contribution in [0.1, 0.15) is 11.1 Å². The molecule has 1 unspecified atom stereocenters. The lowest BCUT2D eigenvalue weighted by Crippen LogP contribution is -2.34. The van der Waals surface area contributed by atoms with Gasteiger partial charge in [-0.3, -0.25) is 0 Å². The smallest absolute Gasteiger partial charge is 0.0407 e. The minimum atomic E-state index is 0.441. The van der Waals surface area contributed by atoms with Crippen molar-refractivity contribution in [2.75, 3.05) is 17.6 Å². The Hall–Kier alpha value is -2.00. The number of anilines is 2. The molecule has 0 spiro atoms. The van der Waals surface area contributed by atoms with Gasteiger partial charge in [-0.15, -0.1) is 0 Å². The van der Waals surface area contributed by atoms with Crippen LogP contribution in [0.25, 0.3) is 0 Å². The minimum Gasteiger partial charge on any atom is -0.399 e. The van der Waals surface area contributed by atoms with Crippen molar-refractivity contribution < 1.29 is 0 Å². The van der Waals surface area contributed by atoms with Crippen molar-refractivity contribution in [1.29, 1.82) is 0 Å². The standard InChI is InChI=1S/C16H19N3/c17-14-7-6-13-10-18-15(11-19-16(13)9-14)8-12-4-2-1-3-5-12/h1-7,9,15,18-19H,8,10-11,17H2. The van der Waals surface area contributed by atoms with Crippen molar-refractivity contribution in [3.05, 3.63) is 59.7 Å². The van der Waals surface area contributed by atoms with Gasteiger partial charge in [-0.25, -0.2) is 0 Å². The van der Waals surface area contributed by atoms with E-state index >= 15 is 0 Å². The van der Waals surface area contributed by atoms with Gasteiger partial charge in [0.05, 0.1) is 0 Å². The zero-order valence-corrected chi connectivity index (χ0v) is 10.9. The van der Waals surface area contributed by atoms with E-state index in [2.05, 4.69) is 47.0 Å². The lowest BCUT2D eigenvalue weighted by Gasteiger charge is -2.16. The first kappa shape index (κ1) is 12.1. The van der Waals surface area contributed by atoms with Gasteiger partial charge in [-0.1, -0.05) is 36.4 Å². The normalized spacial score (nSPS) is 18.2. The van der Waals surface area contributed by atoms with Crippen LogP contribution in [0.5, 0.6) is 0 Å². The van der Waals surface area contributed by atoms with Crippen LogP contribution in [0.3, 0.4) is 0 Å². The van der Waals surface area contributed by atoms with E-state index < -0.39 is 0 Å². The first-order chi connectivity index (χ1) is 9.31. The molecule has 98 valence electrons. The van der Waals surface area contributed by atoms with E-state index in [4.69, 9.17) is 5.73 Å². The first-order valence-electron chi connectivity index (χ1n) is 6.71. The van der Waals surface area contributed by atoms with Gasteiger partial charge in [0.1, 0.15) is 0 Å². The van der Waals surface area contributed by atoms with Gasteiger partial charge in [0.25, 0.3) is 0 Å². The Kier molecular flexibility index (Phi) is 3.38. The minimum absolute atomic E-state index is 0.441. The van der Waals surface area contributed by atoms with E-state index in [0.717, 1.165) is 30.9 Å². The Balaban J connectivity index is 1.70. The molecule has 1 aliphatic heterocycles. The topological polar surface area (TPSA) is 50.1 Å². The number of hydrogen-bond acceptors (Lipinski definition) is 3. The number of fused-ring (bicyclic) bond motifs is 1. The summed E-state index contributed by atoms with van der Waals surface area (Å²) in [5.41, 5.74) is 10.4. The maximum Gasteiger partial charge on any atom is 0.0407 e. The molecular formula is C16H19N3. The van der Waals surface area contributed by atoms with Crippen LogP contribution in [-0.4, -0.2) is 12.6 Å². The zero-order chi connectivity index (χ0) is 13.1. The molecule has 0 aromatic heterocycles. The maximum atomic E-state index is 5.83. The fourth-order valence-corrected chi connectivity index (χ4v) is 2.52. The Morgan fingerprint density at radius 1 is 1.11 bits per heavy atom. The van der Waals surface area contributed by atoms with Crippen LogP contribution >= 0.6 is 0 Å². The summed E-state index contributed by atoms with van der Waals surface area (Å²) in [6.07, 6.45) is 1.04. The summed E-state index contributed by atoms with van der Waals surface area (Å²) in [5, 5.41) is 7.10. The summed E-state index contributed by atoms with van der Waals surface area (Å²) in [6, 6.07) is 17.1. The second-order valence-corrected chi connectivity index (χ2v) is 5.07. The number of nitrogen functional groups attached to an aromatic ring is 1. The maximum absolute atomic E-state index is 5.83. The second-order valence-electron chi connectivity index (χ2n) is 5.07. The zero-order valence-electron chi connectivity index (χ0n) is 10.9. The predicted molar refractivity (Wildman–Crippen MR) is 80.1 cm³/mol. The third-order valence-corrected chi connectivity index (χ3v) is 3.58. The third kappa shape index (κ3) is 2.88. The van der Waals surface area contributed by atoms with Gasteiger partial charge >= 0.3 is 0 Å². The Bertz CT molecular complexity index is 551. The molecule has 0 radical (unpaired) electrons. The molecule has 1 aliphatic rings. The molecule has 0 bridgehead atoms. The SMILES string of the molecule is Nc1ccc2c(c1)NCC(Cc1ccccc1)NC2. The largest absolute Gasteiger partial charge is 0.399 e. The average Bonchev–Trinajstić information content (AvgIpc) is 2.63. The summed E-state index contributed by atoms with van der Waals surface area (Å²) < 4.78 is 0. The molecule has 0 saturated carbocycles. The Morgan fingerprint density at radius 2 is 1.95 bits per heavy atom. The van der Waals surface area contributed by atoms with E-state index in [1.54, 1.807) is 0 Å². The van der Waals surface area contributed by atoms with Gasteiger partial charge in [-0.2, -0.15) is 0 Å². The first-order valence-corrected chi connectivity index (χ1v) is 6.71. The van der Waals surface area contributed by atoms with Gasteiger partial charge in [0, 0.05) is 30.5 Å². The van der Waals surface area contributed by atoms with Crippen molar-refractivity contribution in [3.63, 3.8) is 0 Å². The Morgan fingerprint density at radius 3 is 2.79 bits per heavy atom. The fourth-order valence-electron chi connectivity index (χ4n) is 2.52. The molecule has 1 heterocycles. The molecular weight excluding hydrogens is 234 g/mol. The molecule has 0 saturated heterocycles. The van der Waals surface area contributed by atoms with E-state index in [9.17, 15) is 0 Å². The van der Waals surface area contributed by atoms with Crippen molar-refractivity contribution in [2.45, 2.75) is 19.0 Å². The van der Waals surface area contributed by atoms with E-state index in [-0.39, 0.29) is 0 Å². The third-order valence-electron chi connectivity index (χ3n) is 3.58. The average molecular weight is 253 g/mol. The molecule has 0 fully saturated rings. The fraction of sp³-hybridized carbons (Fsp3) is 0.250. The van der Waals surface area contributed by atoms with Gasteiger partial charge in [0.15, 0.2) is 0 Å². The molecule has 0 aliphatic carbocycles. The highest BCUT2D eigenvalue weighted by Crippen LogP contribution is 2.21. The summed E-state index contributed by atoms with van der Waals surface area (Å²) in [6.45, 7) is 1.81. The van der Waals surface area contributed by atoms with E-state index in [1.165, 1.54) is 11.1 Å². The van der Waals surface area contributed by atoms with Crippen LogP contribution in [0.2, 0.25) is 0 Å². The number of nitrogens with two attached hydrogens (primary N) is 1. The molecule has 3 rings (SSSR count). The highest BCUT2D eigenvalue weighted by atomic mass is 15.0. The predicted octanol–water partition coefficient (Wildman–Crippen LogP) is 2.40. The summed E-state index contributed by atoms with van der Waals surface area (Å²) >= 11 is 0. The molecule has 0 amide bonds. The highest BCUT2D eigenvalue weighted by molar-refractivity contribution is 5.60. The lowest BCUT2D eigenvalue weighted by molar-refractivity contribution is 0.537. The summed E-state index contributed by atoms with van der Waals surface area (Å²) in [4.78, 5) is 0. The van der Waals surface area contributed by atoms with Crippen LogP contribution in [0.4, 0.5) is 11.4 Å². The van der Waals surface area contributed by atoms with Crippen LogP contribution < -0.4 is 16.4 Å². The molecule has 3 nitrogen and oxygen atoms in total. The van der Waals surface area contributed by atoms with Gasteiger partial charge in [0.2, 0.25) is 0 Å². The van der Waals surface area contributed by atoms with Crippen LogP contribution in [0, 0.1) is 0 Å². The molecule has 2 aromatic rings. The van der Waals surface area contributed by atoms with Crippen LogP contribution in [-0.2, 0) is 13.0 Å². The van der Waals surface area contributed by atoms with Gasteiger partial charge in [-0.05, 0) is 29.7 Å². The number of nitrogens with one attached hydrogen (secondary N) is 2. The van der Waals surface area contributed by atoms with E-state index in [0.29, 0.717) is 6.04 Å². The number of benzene rings is 2. The highest BCUT2D eigenvalue weighted by Gasteiger charge is 2.15. The quantitative estimate of drug-likeness (QED) is 0.720. The van der Waals surface area contributed by atoms with E-state index in [1.807, 2.05) is 12.1 Å². The lowest BCUT2D eigenvalue weighted by atomic mass is 10.1. The molecule has 4 N–H and O–H groups in total. The summed E-state index contributed by atoms with van der Waals surface area (Å²) in [5.74, 6) is 0. The molecule has 1 atom stereocenters. The van der Waals surface area contributed by atoms with Crippen molar-refractivity contribution in [1.82, 2.24) is 5.32 Å². The van der Waals surface area contributed by atoms with Crippen LogP contribution in [0.15, 0.2) is 48.5 Å². The van der Waals surface area contributed by atoms with Crippen molar-refractivity contribution in [2.24, 2.45) is 0 Å². The number of rotatable bonds is 2. The molecule has 19 heavy (non-hydrogen) atoms. The monoisotopic (exact) mass is 253 g/mol. The van der Waals surface area contributed by atoms with Gasteiger partial charge < -0.3 is 16.4 Å². The van der Waals surface area contributed by atoms with Crippen molar-refractivity contribution in [3.8, 4) is 0 Å². The number of hydrogen-bond donors (Lipinski definition) is 3. The molecule has 2 aromatic carbocycles. The molecule has 3 heteroatoms. The summed E-state index contributed by atoms with van der Waals surface area (Å²) in [7, 11) is 0. The Labute approximate surface area is 113 Å².